The van der Waals surface area contributed by atoms with Crippen LogP contribution in [0, 0.1) is 5.82 Å². The zero-order chi connectivity index (χ0) is 22.6. The molecule has 1 aliphatic rings. The molecule has 0 fully saturated rings. The number of nitrogens with zero attached hydrogens (tertiary/aromatic N) is 3. The Morgan fingerprint density at radius 1 is 1.12 bits per heavy atom. The SMILES string of the molecule is CC1(O)CC/C=C\CNC(=O)c2cnc(Nc3ccc(F)cc3)nc2Nc2cccc1n2. The Morgan fingerprint density at radius 3 is 2.75 bits per heavy atom. The van der Waals surface area contributed by atoms with Gasteiger partial charge < -0.3 is 21.1 Å². The molecule has 0 saturated heterocycles. The van der Waals surface area contributed by atoms with Crippen molar-refractivity contribution in [1.82, 2.24) is 20.3 Å². The number of allylic oxidation sites excluding steroid dienone is 1. The number of carbonyl (C=O) groups excluding carboxylic acids is 1. The van der Waals surface area contributed by atoms with Gasteiger partial charge in [0.05, 0.1) is 5.69 Å². The molecule has 4 rings (SSSR count). The zero-order valence-electron chi connectivity index (χ0n) is 17.5. The predicted molar refractivity (Wildman–Crippen MR) is 120 cm³/mol. The Labute approximate surface area is 184 Å². The van der Waals surface area contributed by atoms with E-state index in [2.05, 4.69) is 30.9 Å². The maximum absolute atomic E-state index is 13.2. The van der Waals surface area contributed by atoms with E-state index in [1.54, 1.807) is 37.3 Å². The Kier molecular flexibility index (Phi) is 6.09. The summed E-state index contributed by atoms with van der Waals surface area (Å²) in [6, 6.07) is 11.0. The molecule has 2 bridgehead atoms. The summed E-state index contributed by atoms with van der Waals surface area (Å²) in [5.74, 6) is 0.198. The summed E-state index contributed by atoms with van der Waals surface area (Å²) >= 11 is 0. The number of aromatic nitrogens is 3. The molecule has 1 aliphatic heterocycles. The van der Waals surface area contributed by atoms with Gasteiger partial charge >= 0.3 is 0 Å². The normalized spacial score (nSPS) is 19.7. The van der Waals surface area contributed by atoms with Crippen LogP contribution >= 0.6 is 0 Å². The van der Waals surface area contributed by atoms with Crippen molar-refractivity contribution in [3.8, 4) is 0 Å². The van der Waals surface area contributed by atoms with Gasteiger partial charge in [-0.3, -0.25) is 4.79 Å². The number of halogens is 1. The quantitative estimate of drug-likeness (QED) is 0.454. The fraction of sp³-hybridized carbons (Fsp3) is 0.217. The fourth-order valence-electron chi connectivity index (χ4n) is 3.23. The Morgan fingerprint density at radius 2 is 1.94 bits per heavy atom. The molecule has 2 aromatic heterocycles. The van der Waals surface area contributed by atoms with Crippen molar-refractivity contribution in [2.45, 2.75) is 25.4 Å². The smallest absolute Gasteiger partial charge is 0.256 e. The van der Waals surface area contributed by atoms with Crippen LogP contribution < -0.4 is 16.0 Å². The summed E-state index contributed by atoms with van der Waals surface area (Å²) in [5, 5.41) is 19.7. The number of rotatable bonds is 2. The number of nitrogens with one attached hydrogen (secondary N) is 3. The lowest BCUT2D eigenvalue weighted by Gasteiger charge is -2.23. The molecule has 3 aromatic rings. The molecule has 0 saturated carbocycles. The van der Waals surface area contributed by atoms with E-state index < -0.39 is 5.60 Å². The van der Waals surface area contributed by atoms with Crippen molar-refractivity contribution < 1.29 is 14.3 Å². The van der Waals surface area contributed by atoms with Crippen LogP contribution in [-0.4, -0.2) is 32.5 Å². The summed E-state index contributed by atoms with van der Waals surface area (Å²) in [4.78, 5) is 25.9. The number of hydrogen-bond donors (Lipinski definition) is 4. The number of anilines is 4. The molecule has 3 heterocycles. The largest absolute Gasteiger partial charge is 0.384 e. The minimum absolute atomic E-state index is 0.222. The van der Waals surface area contributed by atoms with Crippen molar-refractivity contribution >= 4 is 29.2 Å². The lowest BCUT2D eigenvalue weighted by molar-refractivity contribution is 0.0444. The highest BCUT2D eigenvalue weighted by atomic mass is 19.1. The average Bonchev–Trinajstić information content (AvgIpc) is 2.77. The number of amides is 1. The summed E-state index contributed by atoms with van der Waals surface area (Å²) in [6.07, 6.45) is 6.28. The van der Waals surface area contributed by atoms with E-state index in [1.165, 1.54) is 18.3 Å². The minimum atomic E-state index is -1.11. The number of pyridine rings is 1. The molecule has 1 atom stereocenters. The molecule has 4 N–H and O–H groups in total. The third kappa shape index (κ3) is 5.06. The summed E-state index contributed by atoms with van der Waals surface area (Å²) in [5.41, 5.74) is 0.230. The number of aliphatic hydroxyl groups is 1. The molecule has 1 aromatic carbocycles. The van der Waals surface area contributed by atoms with Gasteiger partial charge in [0.25, 0.3) is 5.91 Å². The standard InChI is InChI=1S/C23H23FN6O2/c1-23(32)12-3-2-4-13-25-21(31)17-14-26-22(27-16-10-8-15(24)9-11-16)30-20(17)29-19-7-5-6-18(23)28-19/h2,4-11,14,32H,3,12-13H2,1H3,(H,25,31)(H2,26,27,28,29,30)/b4-2-. The van der Waals surface area contributed by atoms with E-state index in [0.717, 1.165) is 0 Å². The molecular formula is C23H23FN6O2. The second-order valence-corrected chi connectivity index (χ2v) is 7.61. The van der Waals surface area contributed by atoms with Crippen molar-refractivity contribution in [1.29, 1.82) is 0 Å². The third-order valence-corrected chi connectivity index (χ3v) is 5.03. The maximum atomic E-state index is 13.2. The average molecular weight is 434 g/mol. The number of carbonyl (C=O) groups is 1. The Hall–Kier alpha value is -3.85. The lowest BCUT2D eigenvalue weighted by Crippen LogP contribution is -2.26. The number of fused-ring (bicyclic) bond motifs is 3. The topological polar surface area (TPSA) is 112 Å². The van der Waals surface area contributed by atoms with Gasteiger partial charge in [0, 0.05) is 18.4 Å². The van der Waals surface area contributed by atoms with E-state index in [9.17, 15) is 14.3 Å². The van der Waals surface area contributed by atoms with Crippen LogP contribution in [0.15, 0.2) is 60.8 Å². The van der Waals surface area contributed by atoms with Crippen molar-refractivity contribution in [2.24, 2.45) is 0 Å². The van der Waals surface area contributed by atoms with Crippen LogP contribution in [0.4, 0.5) is 27.7 Å². The highest BCUT2D eigenvalue weighted by Gasteiger charge is 2.24. The monoisotopic (exact) mass is 434 g/mol. The predicted octanol–water partition coefficient (Wildman–Crippen LogP) is 3.79. The maximum Gasteiger partial charge on any atom is 0.256 e. The van der Waals surface area contributed by atoms with Gasteiger partial charge in [0.1, 0.15) is 28.6 Å². The molecule has 1 amide bonds. The molecule has 0 aliphatic carbocycles. The molecule has 9 heteroatoms. The van der Waals surface area contributed by atoms with Crippen molar-refractivity contribution in [3.63, 3.8) is 0 Å². The first-order chi connectivity index (χ1) is 15.4. The molecule has 1 unspecified atom stereocenters. The molecule has 8 nitrogen and oxygen atoms in total. The first kappa shape index (κ1) is 21.4. The second-order valence-electron chi connectivity index (χ2n) is 7.61. The van der Waals surface area contributed by atoms with Crippen molar-refractivity contribution in [2.75, 3.05) is 17.2 Å². The Balaban J connectivity index is 1.71. The van der Waals surface area contributed by atoms with E-state index in [4.69, 9.17) is 0 Å². The second kappa shape index (κ2) is 9.11. The van der Waals surface area contributed by atoms with Crippen molar-refractivity contribution in [3.05, 3.63) is 77.9 Å². The third-order valence-electron chi connectivity index (χ3n) is 5.03. The highest BCUT2D eigenvalue weighted by molar-refractivity contribution is 5.99. The number of benzene rings is 1. The fourth-order valence-corrected chi connectivity index (χ4v) is 3.23. The van der Waals surface area contributed by atoms with Gasteiger partial charge in [0.2, 0.25) is 5.95 Å². The molecule has 32 heavy (non-hydrogen) atoms. The first-order valence-corrected chi connectivity index (χ1v) is 10.2. The van der Waals surface area contributed by atoms with Crippen LogP contribution in [0.25, 0.3) is 0 Å². The van der Waals surface area contributed by atoms with Gasteiger partial charge in [-0.25, -0.2) is 14.4 Å². The minimum Gasteiger partial charge on any atom is -0.384 e. The summed E-state index contributed by atoms with van der Waals surface area (Å²) in [7, 11) is 0. The van der Waals surface area contributed by atoms with E-state index in [1.807, 2.05) is 12.2 Å². The van der Waals surface area contributed by atoms with E-state index in [0.29, 0.717) is 36.6 Å². The van der Waals surface area contributed by atoms with Crippen LogP contribution in [0.2, 0.25) is 0 Å². The summed E-state index contributed by atoms with van der Waals surface area (Å²) < 4.78 is 13.2. The van der Waals surface area contributed by atoms with Gasteiger partial charge in [-0.1, -0.05) is 18.2 Å². The van der Waals surface area contributed by atoms with Gasteiger partial charge in [-0.15, -0.1) is 0 Å². The van der Waals surface area contributed by atoms with Gasteiger partial charge in [-0.2, -0.15) is 4.98 Å². The van der Waals surface area contributed by atoms with Gasteiger partial charge in [0.15, 0.2) is 0 Å². The molecule has 0 spiro atoms. The zero-order valence-corrected chi connectivity index (χ0v) is 17.5. The highest BCUT2D eigenvalue weighted by Crippen LogP contribution is 2.27. The van der Waals surface area contributed by atoms with Crippen LogP contribution in [0.1, 0.15) is 35.8 Å². The molecule has 0 radical (unpaired) electrons. The van der Waals surface area contributed by atoms with Crippen LogP contribution in [0.3, 0.4) is 0 Å². The van der Waals surface area contributed by atoms with Gasteiger partial charge in [-0.05, 0) is 56.2 Å². The van der Waals surface area contributed by atoms with Crippen LogP contribution in [0.5, 0.6) is 0 Å². The van der Waals surface area contributed by atoms with E-state index in [-0.39, 0.29) is 29.1 Å². The molecule has 164 valence electrons. The van der Waals surface area contributed by atoms with E-state index >= 15 is 0 Å². The van der Waals surface area contributed by atoms with Crippen LogP contribution in [-0.2, 0) is 5.60 Å². The Bertz CT molecular complexity index is 1150. The molecular weight excluding hydrogens is 411 g/mol. The lowest BCUT2D eigenvalue weighted by atomic mass is 9.95. The first-order valence-electron chi connectivity index (χ1n) is 10.2. The summed E-state index contributed by atoms with van der Waals surface area (Å²) in [6.45, 7) is 2.06. The number of hydrogen-bond acceptors (Lipinski definition) is 7.